The van der Waals surface area contributed by atoms with E-state index in [0.717, 1.165) is 4.90 Å². The number of ether oxygens (including phenoxy) is 2. The summed E-state index contributed by atoms with van der Waals surface area (Å²) >= 11 is 3.23. The molecule has 3 aromatic rings. The predicted molar refractivity (Wildman–Crippen MR) is 126 cm³/mol. The number of esters is 2. The Bertz CT molecular complexity index is 977. The number of rotatable bonds is 8. The summed E-state index contributed by atoms with van der Waals surface area (Å²) in [5.74, 6) is -0.396. The van der Waals surface area contributed by atoms with Gasteiger partial charge in [-0.1, -0.05) is 58.4 Å². The van der Waals surface area contributed by atoms with Crippen LogP contribution in [0.15, 0.2) is 99.6 Å². The third-order valence-electron chi connectivity index (χ3n) is 4.26. The van der Waals surface area contributed by atoms with Crippen LogP contribution in [0.3, 0.4) is 0 Å². The van der Waals surface area contributed by atoms with Gasteiger partial charge < -0.3 is 9.47 Å². The van der Waals surface area contributed by atoms with Gasteiger partial charge in [0.15, 0.2) is 14.7 Å². The van der Waals surface area contributed by atoms with Crippen LogP contribution in [0.5, 0.6) is 5.75 Å². The van der Waals surface area contributed by atoms with Crippen molar-refractivity contribution in [2.24, 2.45) is 0 Å². The summed E-state index contributed by atoms with van der Waals surface area (Å²) in [6.07, 6.45) is -0.0118. The molecule has 0 fully saturated rings. The van der Waals surface area contributed by atoms with Gasteiger partial charge in [-0.3, -0.25) is 9.59 Å². The van der Waals surface area contributed by atoms with Crippen LogP contribution in [-0.4, -0.2) is 22.9 Å². The van der Waals surface area contributed by atoms with E-state index in [1.165, 1.54) is 9.79 Å². The summed E-state index contributed by atoms with van der Waals surface area (Å²) in [5, 5.41) is 0. The first-order chi connectivity index (χ1) is 14.8. The normalized spacial score (nSPS) is 11.2. The van der Waals surface area contributed by atoms with Gasteiger partial charge in [0.1, 0.15) is 16.7 Å². The highest BCUT2D eigenvalue weighted by atomic mass is 79.9. The molecule has 0 aliphatic carbocycles. The SMILES string of the molecule is CC(C)(Br)C(=O)OCCC(=O)Oc1cccc([S+](c2ccccc2)c2ccccc2)c1. The van der Waals surface area contributed by atoms with Crippen LogP contribution in [0.2, 0.25) is 0 Å². The molecule has 0 heterocycles. The quantitative estimate of drug-likeness (QED) is 0.170. The van der Waals surface area contributed by atoms with Crippen molar-refractivity contribution in [3.8, 4) is 5.75 Å². The summed E-state index contributed by atoms with van der Waals surface area (Å²) in [6, 6.07) is 28.1. The largest absolute Gasteiger partial charge is 0.464 e. The zero-order valence-corrected chi connectivity index (χ0v) is 19.8. The maximum absolute atomic E-state index is 12.2. The van der Waals surface area contributed by atoms with Gasteiger partial charge in [-0.2, -0.15) is 0 Å². The molecule has 160 valence electrons. The first-order valence-electron chi connectivity index (χ1n) is 9.86. The molecular formula is C25H24BrO4S+. The highest BCUT2D eigenvalue weighted by Gasteiger charge is 2.29. The molecule has 0 atom stereocenters. The molecule has 4 nitrogen and oxygen atoms in total. The van der Waals surface area contributed by atoms with E-state index in [-0.39, 0.29) is 23.9 Å². The second-order valence-corrected chi connectivity index (χ2v) is 11.2. The number of benzene rings is 3. The maximum atomic E-state index is 12.2. The molecular weight excluding hydrogens is 476 g/mol. The molecule has 0 aliphatic rings. The van der Waals surface area contributed by atoms with E-state index in [2.05, 4.69) is 40.2 Å². The monoisotopic (exact) mass is 499 g/mol. The molecule has 0 aromatic heterocycles. The molecule has 3 aromatic carbocycles. The van der Waals surface area contributed by atoms with E-state index < -0.39 is 16.3 Å². The molecule has 0 bridgehead atoms. The predicted octanol–water partition coefficient (Wildman–Crippen LogP) is 5.79. The van der Waals surface area contributed by atoms with E-state index in [1.807, 2.05) is 54.6 Å². The highest BCUT2D eigenvalue weighted by molar-refractivity contribution is 9.10. The average Bonchev–Trinajstić information content (AvgIpc) is 2.75. The van der Waals surface area contributed by atoms with Crippen LogP contribution in [0.1, 0.15) is 20.3 Å². The summed E-state index contributed by atoms with van der Waals surface area (Å²) in [5.41, 5.74) is 0. The zero-order valence-electron chi connectivity index (χ0n) is 17.4. The number of alkyl halides is 1. The Kier molecular flexibility index (Phi) is 7.93. The average molecular weight is 500 g/mol. The van der Waals surface area contributed by atoms with Crippen molar-refractivity contribution in [1.29, 1.82) is 0 Å². The molecule has 0 unspecified atom stereocenters. The van der Waals surface area contributed by atoms with Gasteiger partial charge in [0.05, 0.1) is 17.3 Å². The second kappa shape index (κ2) is 10.6. The minimum Gasteiger partial charge on any atom is -0.464 e. The Hall–Kier alpha value is -2.57. The lowest BCUT2D eigenvalue weighted by molar-refractivity contribution is -0.147. The van der Waals surface area contributed by atoms with Gasteiger partial charge in [-0.05, 0) is 50.2 Å². The lowest BCUT2D eigenvalue weighted by Crippen LogP contribution is -2.27. The number of halogens is 1. The van der Waals surface area contributed by atoms with Crippen molar-refractivity contribution in [1.82, 2.24) is 0 Å². The Balaban J connectivity index is 1.73. The van der Waals surface area contributed by atoms with E-state index in [4.69, 9.17) is 9.47 Å². The fourth-order valence-electron chi connectivity index (χ4n) is 2.77. The first-order valence-corrected chi connectivity index (χ1v) is 11.9. The van der Waals surface area contributed by atoms with Gasteiger partial charge in [-0.15, -0.1) is 0 Å². The van der Waals surface area contributed by atoms with Crippen molar-refractivity contribution >= 4 is 38.8 Å². The molecule has 0 spiro atoms. The third-order valence-corrected chi connectivity index (χ3v) is 6.79. The molecule has 3 rings (SSSR count). The molecule has 6 heteroatoms. The van der Waals surface area contributed by atoms with Gasteiger partial charge in [0, 0.05) is 6.07 Å². The van der Waals surface area contributed by atoms with E-state index >= 15 is 0 Å². The van der Waals surface area contributed by atoms with Crippen LogP contribution in [0.25, 0.3) is 0 Å². The third kappa shape index (κ3) is 6.71. The second-order valence-electron chi connectivity index (χ2n) is 7.24. The summed E-state index contributed by atoms with van der Waals surface area (Å²) in [6.45, 7) is 3.36. The van der Waals surface area contributed by atoms with E-state index in [9.17, 15) is 9.59 Å². The fourth-order valence-corrected chi connectivity index (χ4v) is 5.01. The molecule has 0 saturated heterocycles. The molecule has 0 N–H and O–H groups in total. The van der Waals surface area contributed by atoms with Crippen LogP contribution in [0, 0.1) is 0 Å². The summed E-state index contributed by atoms with van der Waals surface area (Å²) in [4.78, 5) is 27.4. The number of carbonyl (C=O) groups excluding carboxylic acids is 2. The van der Waals surface area contributed by atoms with Gasteiger partial charge >= 0.3 is 11.9 Å². The summed E-state index contributed by atoms with van der Waals surface area (Å²) in [7, 11) is -0.327. The maximum Gasteiger partial charge on any atom is 0.322 e. The van der Waals surface area contributed by atoms with Gasteiger partial charge in [0.25, 0.3) is 0 Å². The van der Waals surface area contributed by atoms with E-state index in [0.29, 0.717) is 5.75 Å². The minimum absolute atomic E-state index is 0.0118. The van der Waals surface area contributed by atoms with Gasteiger partial charge in [-0.25, -0.2) is 0 Å². The van der Waals surface area contributed by atoms with Crippen molar-refractivity contribution in [2.45, 2.75) is 39.3 Å². The molecule has 31 heavy (non-hydrogen) atoms. The lowest BCUT2D eigenvalue weighted by atomic mass is 10.2. The van der Waals surface area contributed by atoms with Crippen LogP contribution >= 0.6 is 15.9 Å². The smallest absolute Gasteiger partial charge is 0.322 e. The number of carbonyl (C=O) groups is 2. The topological polar surface area (TPSA) is 52.6 Å². The standard InChI is InChI=1S/C25H24BrO4S/c1-25(2,26)24(28)29-17-16-23(27)30-19-10-9-15-22(18-19)31(20-11-5-3-6-12-20)21-13-7-4-8-14-21/h3-15,18H,16-17H2,1-2H3/q+1. The van der Waals surface area contributed by atoms with Crippen LogP contribution in [0.4, 0.5) is 0 Å². The Morgan fingerprint density at radius 1 is 0.839 bits per heavy atom. The highest BCUT2D eigenvalue weighted by Crippen LogP contribution is 2.32. The molecule has 0 aliphatic heterocycles. The number of hydrogen-bond acceptors (Lipinski definition) is 4. The molecule has 0 radical (unpaired) electrons. The zero-order chi connectivity index (χ0) is 22.3. The van der Waals surface area contributed by atoms with Crippen LogP contribution < -0.4 is 4.74 Å². The lowest BCUT2D eigenvalue weighted by Gasteiger charge is -2.14. The van der Waals surface area contributed by atoms with Gasteiger partial charge in [0.2, 0.25) is 0 Å². The molecule has 0 saturated carbocycles. The summed E-state index contributed by atoms with van der Waals surface area (Å²) < 4.78 is 9.83. The van der Waals surface area contributed by atoms with Crippen molar-refractivity contribution in [3.05, 3.63) is 84.9 Å². The van der Waals surface area contributed by atoms with E-state index in [1.54, 1.807) is 19.9 Å². The van der Waals surface area contributed by atoms with Crippen molar-refractivity contribution in [3.63, 3.8) is 0 Å². The number of hydrogen-bond donors (Lipinski definition) is 0. The molecule has 0 amide bonds. The van der Waals surface area contributed by atoms with Crippen molar-refractivity contribution in [2.75, 3.05) is 6.61 Å². The Labute approximate surface area is 194 Å². The first kappa shape index (κ1) is 23.1. The fraction of sp³-hybridized carbons (Fsp3) is 0.200. The minimum atomic E-state index is -0.782. The van der Waals surface area contributed by atoms with Crippen LogP contribution in [-0.2, 0) is 25.2 Å². The van der Waals surface area contributed by atoms with Crippen molar-refractivity contribution < 1.29 is 19.1 Å². The Morgan fingerprint density at radius 3 is 1.94 bits per heavy atom. The Morgan fingerprint density at radius 2 is 1.39 bits per heavy atom.